The van der Waals surface area contributed by atoms with Crippen LogP contribution in [0.4, 0.5) is 5.13 Å². The molecule has 20 heavy (non-hydrogen) atoms. The molecule has 110 valence electrons. The van der Waals surface area contributed by atoms with E-state index in [-0.39, 0.29) is 0 Å². The van der Waals surface area contributed by atoms with Crippen LogP contribution in [0.5, 0.6) is 0 Å². The van der Waals surface area contributed by atoms with Crippen LogP contribution in [0, 0.1) is 0 Å². The zero-order chi connectivity index (χ0) is 14.3. The third kappa shape index (κ3) is 2.54. The number of carboxylic acid groups (broad SMARTS) is 1. The van der Waals surface area contributed by atoms with Crippen LogP contribution in [0.1, 0.15) is 32.4 Å². The summed E-state index contributed by atoms with van der Waals surface area (Å²) in [6, 6.07) is 0.829. The summed E-state index contributed by atoms with van der Waals surface area (Å²) in [7, 11) is 0. The highest BCUT2D eigenvalue weighted by molar-refractivity contribution is 7.13. The first kappa shape index (κ1) is 13.8. The molecule has 0 spiro atoms. The second kappa shape index (κ2) is 5.00. The normalized spacial score (nSPS) is 21.2. The Kier molecular flexibility index (Phi) is 3.46. The quantitative estimate of drug-likeness (QED) is 0.918. The summed E-state index contributed by atoms with van der Waals surface area (Å²) in [6.45, 7) is 7.61. The Hall–Kier alpha value is -1.14. The molecule has 1 aromatic heterocycles. The molecule has 0 amide bonds. The van der Waals surface area contributed by atoms with E-state index in [0.717, 1.165) is 37.4 Å². The van der Waals surface area contributed by atoms with Gasteiger partial charge in [-0.15, -0.1) is 11.3 Å². The first-order valence-corrected chi connectivity index (χ1v) is 8.05. The zero-order valence-electron chi connectivity index (χ0n) is 12.0. The van der Waals surface area contributed by atoms with Gasteiger partial charge in [-0.25, -0.2) is 4.98 Å². The molecule has 1 aliphatic carbocycles. The van der Waals surface area contributed by atoms with Crippen molar-refractivity contribution in [3.8, 4) is 0 Å². The first-order chi connectivity index (χ1) is 9.48. The molecule has 0 unspecified atom stereocenters. The molecule has 6 heteroatoms. The smallest absolute Gasteiger partial charge is 0.315 e. The SMILES string of the molecule is CC(C)(C(=O)O)c1csc(N2CCN(C3CC3)CC2)n1. The molecule has 1 saturated heterocycles. The van der Waals surface area contributed by atoms with Crippen LogP contribution in [0.2, 0.25) is 0 Å². The molecule has 5 nitrogen and oxygen atoms in total. The summed E-state index contributed by atoms with van der Waals surface area (Å²) < 4.78 is 0. The number of piperazine rings is 1. The Morgan fingerprint density at radius 1 is 1.35 bits per heavy atom. The van der Waals surface area contributed by atoms with Crippen molar-refractivity contribution < 1.29 is 9.90 Å². The van der Waals surface area contributed by atoms with Gasteiger partial charge in [0.2, 0.25) is 0 Å². The van der Waals surface area contributed by atoms with Gasteiger partial charge in [0.05, 0.1) is 5.69 Å². The summed E-state index contributed by atoms with van der Waals surface area (Å²) in [5.41, 5.74) is -0.250. The lowest BCUT2D eigenvalue weighted by atomic mass is 9.90. The largest absolute Gasteiger partial charge is 0.481 e. The Bertz CT molecular complexity index is 502. The van der Waals surface area contributed by atoms with Crippen LogP contribution >= 0.6 is 11.3 Å². The number of nitrogens with zero attached hydrogens (tertiary/aromatic N) is 3. The molecule has 2 fully saturated rings. The molecule has 1 aromatic rings. The number of thiazole rings is 1. The standard InChI is InChI=1S/C14H21N3O2S/c1-14(2,12(18)19)11-9-20-13(15-11)17-7-5-16(6-8-17)10-3-4-10/h9-10H,3-8H2,1-2H3,(H,18,19). The molecule has 2 heterocycles. The molecule has 3 rings (SSSR count). The first-order valence-electron chi connectivity index (χ1n) is 7.17. The minimum absolute atomic E-state index is 0.662. The van der Waals surface area contributed by atoms with Gasteiger partial charge in [-0.2, -0.15) is 0 Å². The molecule has 0 bridgehead atoms. The van der Waals surface area contributed by atoms with E-state index in [2.05, 4.69) is 14.8 Å². The van der Waals surface area contributed by atoms with E-state index in [4.69, 9.17) is 0 Å². The summed E-state index contributed by atoms with van der Waals surface area (Å²) in [5.74, 6) is -0.826. The minimum atomic E-state index is -0.912. The van der Waals surface area contributed by atoms with Gasteiger partial charge < -0.3 is 10.0 Å². The number of aromatic nitrogens is 1. The van der Waals surface area contributed by atoms with E-state index in [1.165, 1.54) is 12.8 Å². The van der Waals surface area contributed by atoms with Crippen molar-refractivity contribution in [2.24, 2.45) is 0 Å². The minimum Gasteiger partial charge on any atom is -0.481 e. The maximum absolute atomic E-state index is 11.3. The molecule has 0 radical (unpaired) electrons. The van der Waals surface area contributed by atoms with Crippen molar-refractivity contribution in [2.75, 3.05) is 31.1 Å². The highest BCUT2D eigenvalue weighted by Gasteiger charge is 2.34. The van der Waals surface area contributed by atoms with Gasteiger partial charge in [-0.1, -0.05) is 0 Å². The lowest BCUT2D eigenvalue weighted by molar-refractivity contribution is -0.142. The van der Waals surface area contributed by atoms with E-state index >= 15 is 0 Å². The van der Waals surface area contributed by atoms with Crippen molar-refractivity contribution in [3.63, 3.8) is 0 Å². The summed E-state index contributed by atoms with van der Waals surface area (Å²) in [5, 5.41) is 12.1. The topological polar surface area (TPSA) is 56.7 Å². The number of carboxylic acids is 1. The van der Waals surface area contributed by atoms with E-state index in [1.54, 1.807) is 25.2 Å². The Balaban J connectivity index is 1.66. The van der Waals surface area contributed by atoms with Gasteiger partial charge in [0, 0.05) is 37.6 Å². The van der Waals surface area contributed by atoms with Crippen molar-refractivity contribution in [1.29, 1.82) is 0 Å². The number of rotatable bonds is 4. The highest BCUT2D eigenvalue weighted by Crippen LogP contribution is 2.31. The number of hydrogen-bond donors (Lipinski definition) is 1. The van der Waals surface area contributed by atoms with Gasteiger partial charge in [0.25, 0.3) is 0 Å². The van der Waals surface area contributed by atoms with Crippen LogP contribution in [-0.2, 0) is 10.2 Å². The van der Waals surface area contributed by atoms with Crippen molar-refractivity contribution >= 4 is 22.4 Å². The second-order valence-electron chi connectivity index (χ2n) is 6.20. The number of hydrogen-bond acceptors (Lipinski definition) is 5. The van der Waals surface area contributed by atoms with Gasteiger partial charge in [-0.3, -0.25) is 9.69 Å². The Morgan fingerprint density at radius 3 is 2.55 bits per heavy atom. The van der Waals surface area contributed by atoms with Crippen molar-refractivity contribution in [3.05, 3.63) is 11.1 Å². The molecular weight excluding hydrogens is 274 g/mol. The summed E-state index contributed by atoms with van der Waals surface area (Å²) in [6.07, 6.45) is 2.71. The van der Waals surface area contributed by atoms with Gasteiger partial charge in [0.15, 0.2) is 5.13 Å². The third-order valence-corrected chi connectivity index (χ3v) is 5.22. The summed E-state index contributed by atoms with van der Waals surface area (Å²) in [4.78, 5) is 20.7. The fraction of sp³-hybridized carbons (Fsp3) is 0.714. The lowest BCUT2D eigenvalue weighted by Gasteiger charge is -2.34. The third-order valence-electron chi connectivity index (χ3n) is 4.32. The second-order valence-corrected chi connectivity index (χ2v) is 7.04. The number of carbonyl (C=O) groups is 1. The molecule has 1 saturated carbocycles. The Labute approximate surface area is 123 Å². The van der Waals surface area contributed by atoms with Crippen LogP contribution in [0.15, 0.2) is 5.38 Å². The van der Waals surface area contributed by atoms with Crippen molar-refractivity contribution in [1.82, 2.24) is 9.88 Å². The van der Waals surface area contributed by atoms with Crippen LogP contribution in [0.25, 0.3) is 0 Å². The van der Waals surface area contributed by atoms with Crippen LogP contribution < -0.4 is 4.90 Å². The fourth-order valence-corrected chi connectivity index (χ4v) is 3.57. The van der Waals surface area contributed by atoms with Gasteiger partial charge >= 0.3 is 5.97 Å². The number of aliphatic carboxylic acids is 1. The van der Waals surface area contributed by atoms with E-state index in [1.807, 2.05) is 5.38 Å². The van der Waals surface area contributed by atoms with Crippen LogP contribution in [0.3, 0.4) is 0 Å². The highest BCUT2D eigenvalue weighted by atomic mass is 32.1. The zero-order valence-corrected chi connectivity index (χ0v) is 12.8. The number of anilines is 1. The predicted octanol–water partition coefficient (Wildman–Crippen LogP) is 1.79. The molecular formula is C14H21N3O2S. The Morgan fingerprint density at radius 2 is 2.00 bits per heavy atom. The molecule has 0 aromatic carbocycles. The fourth-order valence-electron chi connectivity index (χ4n) is 2.52. The molecule has 2 aliphatic rings. The average molecular weight is 295 g/mol. The van der Waals surface area contributed by atoms with Gasteiger partial charge in [-0.05, 0) is 26.7 Å². The predicted molar refractivity (Wildman–Crippen MR) is 79.6 cm³/mol. The monoisotopic (exact) mass is 295 g/mol. The molecule has 0 atom stereocenters. The lowest BCUT2D eigenvalue weighted by Crippen LogP contribution is -2.47. The maximum Gasteiger partial charge on any atom is 0.315 e. The van der Waals surface area contributed by atoms with Crippen molar-refractivity contribution in [2.45, 2.75) is 38.1 Å². The molecule has 1 aliphatic heterocycles. The van der Waals surface area contributed by atoms with E-state index in [0.29, 0.717) is 5.69 Å². The van der Waals surface area contributed by atoms with E-state index in [9.17, 15) is 9.90 Å². The molecule has 1 N–H and O–H groups in total. The average Bonchev–Trinajstić information content (AvgIpc) is 3.15. The maximum atomic E-state index is 11.3. The van der Waals surface area contributed by atoms with Crippen LogP contribution in [-0.4, -0.2) is 53.2 Å². The summed E-state index contributed by atoms with van der Waals surface area (Å²) >= 11 is 1.56. The van der Waals surface area contributed by atoms with Gasteiger partial charge in [0.1, 0.15) is 5.41 Å². The van der Waals surface area contributed by atoms with E-state index < -0.39 is 11.4 Å².